The fourth-order valence-electron chi connectivity index (χ4n) is 4.20. The van der Waals surface area contributed by atoms with Crippen LogP contribution in [0.1, 0.15) is 52.5 Å². The van der Waals surface area contributed by atoms with Gasteiger partial charge in [0.25, 0.3) is 0 Å². The summed E-state index contributed by atoms with van der Waals surface area (Å²) in [5.74, 6) is -1.22. The lowest BCUT2D eigenvalue weighted by Crippen LogP contribution is -2.45. The second-order valence-corrected chi connectivity index (χ2v) is 8.74. The van der Waals surface area contributed by atoms with Gasteiger partial charge in [-0.2, -0.15) is 0 Å². The van der Waals surface area contributed by atoms with E-state index < -0.39 is 11.9 Å². The fourth-order valence-corrected chi connectivity index (χ4v) is 4.20. The van der Waals surface area contributed by atoms with Gasteiger partial charge in [-0.05, 0) is 57.1 Å². The summed E-state index contributed by atoms with van der Waals surface area (Å²) in [7, 11) is 0. The summed E-state index contributed by atoms with van der Waals surface area (Å²) in [5, 5.41) is 18.4. The van der Waals surface area contributed by atoms with E-state index in [9.17, 15) is 0 Å². The number of para-hydroxylation sites is 1. The van der Waals surface area contributed by atoms with E-state index in [2.05, 4.69) is 39.1 Å². The van der Waals surface area contributed by atoms with Gasteiger partial charge in [0, 0.05) is 18.7 Å². The highest BCUT2D eigenvalue weighted by Crippen LogP contribution is 2.46. The van der Waals surface area contributed by atoms with Gasteiger partial charge in [0.05, 0.1) is 5.60 Å². The Balaban J connectivity index is 0.000000469. The van der Waals surface area contributed by atoms with Crippen LogP contribution in [0.3, 0.4) is 0 Å². The van der Waals surface area contributed by atoms with Crippen molar-refractivity contribution in [2.75, 3.05) is 19.9 Å². The van der Waals surface area contributed by atoms with Gasteiger partial charge in [-0.1, -0.05) is 26.0 Å². The number of nitrogens with one attached hydrogen (secondary N) is 1. The molecule has 2 aliphatic rings. The first-order chi connectivity index (χ1) is 14.1. The number of benzene rings is 1. The number of carboxylic acid groups (broad SMARTS) is 2. The highest BCUT2D eigenvalue weighted by atomic mass is 16.7. The molecule has 1 fully saturated rings. The predicted octanol–water partition coefficient (Wildman–Crippen LogP) is 3.28. The molecule has 1 saturated heterocycles. The number of ether oxygens (including phenoxy) is 3. The number of carboxylic acids is 2. The van der Waals surface area contributed by atoms with Crippen molar-refractivity contribution in [1.82, 2.24) is 5.32 Å². The van der Waals surface area contributed by atoms with E-state index >= 15 is 0 Å². The van der Waals surface area contributed by atoms with Crippen molar-refractivity contribution in [3.05, 3.63) is 23.8 Å². The van der Waals surface area contributed by atoms with Crippen molar-refractivity contribution in [2.24, 2.45) is 11.3 Å². The van der Waals surface area contributed by atoms with Crippen molar-refractivity contribution < 1.29 is 34.0 Å². The zero-order valence-corrected chi connectivity index (χ0v) is 18.2. The lowest BCUT2D eigenvalue weighted by atomic mass is 9.65. The number of aliphatic carboxylic acids is 2. The minimum atomic E-state index is -1.82. The maximum Gasteiger partial charge on any atom is 0.414 e. The second-order valence-electron chi connectivity index (χ2n) is 8.74. The first kappa shape index (κ1) is 24.0. The standard InChI is InChI=1S/C20H31NO3.C2H2O4/c1-15(2)20(9-11-24-19(3,4)13-20)8-10-21-12-16-6-5-7-17-18(16)23-14-22-17;3-1(4)2(5)6/h5-7,15,21H,8-14H2,1-4H3;(H,3,4)(H,5,6). The van der Waals surface area contributed by atoms with Crippen LogP contribution in [0.15, 0.2) is 18.2 Å². The molecule has 3 rings (SSSR count). The second kappa shape index (κ2) is 10.1. The topological polar surface area (TPSA) is 114 Å². The zero-order valence-electron chi connectivity index (χ0n) is 18.2. The molecule has 3 N–H and O–H groups in total. The van der Waals surface area contributed by atoms with E-state index in [1.54, 1.807) is 0 Å². The maximum absolute atomic E-state index is 9.10. The molecule has 0 amide bonds. The molecule has 2 heterocycles. The lowest BCUT2D eigenvalue weighted by Gasteiger charge is -2.48. The van der Waals surface area contributed by atoms with Crippen LogP contribution in [-0.2, 0) is 20.9 Å². The van der Waals surface area contributed by atoms with Crippen molar-refractivity contribution in [2.45, 2.75) is 59.1 Å². The van der Waals surface area contributed by atoms with Gasteiger partial charge in [-0.3, -0.25) is 0 Å². The molecule has 1 atom stereocenters. The molecular weight excluding hydrogens is 390 g/mol. The Bertz CT molecular complexity index is 735. The molecule has 0 saturated carbocycles. The SMILES string of the molecule is CC(C)C1(CCNCc2cccc3c2OCO3)CCOC(C)(C)C1.O=C(O)C(=O)O. The van der Waals surface area contributed by atoms with E-state index in [0.29, 0.717) is 18.1 Å². The molecule has 8 nitrogen and oxygen atoms in total. The smallest absolute Gasteiger partial charge is 0.414 e. The largest absolute Gasteiger partial charge is 0.473 e. The van der Waals surface area contributed by atoms with E-state index in [1.165, 1.54) is 12.0 Å². The fraction of sp³-hybridized carbons (Fsp3) is 0.636. The third-order valence-corrected chi connectivity index (χ3v) is 5.87. The van der Waals surface area contributed by atoms with Crippen LogP contribution in [0.4, 0.5) is 0 Å². The number of fused-ring (bicyclic) bond motifs is 1. The molecule has 0 bridgehead atoms. The van der Waals surface area contributed by atoms with Gasteiger partial charge in [0.15, 0.2) is 11.5 Å². The average Bonchev–Trinajstić information content (AvgIpc) is 3.14. The molecule has 30 heavy (non-hydrogen) atoms. The molecule has 0 aliphatic carbocycles. The normalized spacial score (nSPS) is 21.6. The number of rotatable bonds is 6. The quantitative estimate of drug-likeness (QED) is 0.472. The first-order valence-corrected chi connectivity index (χ1v) is 10.2. The molecule has 168 valence electrons. The third kappa shape index (κ3) is 6.34. The van der Waals surface area contributed by atoms with Crippen LogP contribution in [0.2, 0.25) is 0 Å². The zero-order chi connectivity index (χ0) is 22.4. The maximum atomic E-state index is 9.10. The highest BCUT2D eigenvalue weighted by molar-refractivity contribution is 6.27. The Morgan fingerprint density at radius 2 is 1.87 bits per heavy atom. The van der Waals surface area contributed by atoms with E-state index in [0.717, 1.165) is 44.0 Å². The monoisotopic (exact) mass is 423 g/mol. The number of hydrogen-bond donors (Lipinski definition) is 3. The summed E-state index contributed by atoms with van der Waals surface area (Å²) in [6.45, 7) is 12.2. The van der Waals surface area contributed by atoms with Crippen molar-refractivity contribution in [3.8, 4) is 11.5 Å². The van der Waals surface area contributed by atoms with Crippen molar-refractivity contribution in [3.63, 3.8) is 0 Å². The van der Waals surface area contributed by atoms with Gasteiger partial charge in [0.1, 0.15) is 0 Å². The van der Waals surface area contributed by atoms with Crippen LogP contribution in [0.25, 0.3) is 0 Å². The Morgan fingerprint density at radius 3 is 2.47 bits per heavy atom. The van der Waals surface area contributed by atoms with Gasteiger partial charge < -0.3 is 29.7 Å². The lowest BCUT2D eigenvalue weighted by molar-refractivity contribution is -0.159. The molecule has 8 heteroatoms. The van der Waals surface area contributed by atoms with E-state index in [1.807, 2.05) is 12.1 Å². The van der Waals surface area contributed by atoms with Crippen LogP contribution < -0.4 is 14.8 Å². The molecule has 0 aromatic heterocycles. The molecule has 0 radical (unpaired) electrons. The molecule has 1 unspecified atom stereocenters. The van der Waals surface area contributed by atoms with Crippen LogP contribution in [-0.4, -0.2) is 47.7 Å². The van der Waals surface area contributed by atoms with E-state index in [-0.39, 0.29) is 5.60 Å². The third-order valence-electron chi connectivity index (χ3n) is 5.87. The first-order valence-electron chi connectivity index (χ1n) is 10.2. The molecule has 1 aromatic carbocycles. The van der Waals surface area contributed by atoms with Crippen LogP contribution >= 0.6 is 0 Å². The molecular formula is C22H33NO7. The van der Waals surface area contributed by atoms with E-state index in [4.69, 9.17) is 34.0 Å². The van der Waals surface area contributed by atoms with Crippen LogP contribution in [0.5, 0.6) is 11.5 Å². The Morgan fingerprint density at radius 1 is 1.17 bits per heavy atom. The summed E-state index contributed by atoms with van der Waals surface area (Å²) in [6.07, 6.45) is 3.48. The van der Waals surface area contributed by atoms with Crippen LogP contribution in [0, 0.1) is 11.3 Å². The van der Waals surface area contributed by atoms with Gasteiger partial charge in [-0.25, -0.2) is 9.59 Å². The summed E-state index contributed by atoms with van der Waals surface area (Å²) < 4.78 is 17.0. The van der Waals surface area contributed by atoms with Gasteiger partial charge in [-0.15, -0.1) is 0 Å². The Hall–Kier alpha value is -2.32. The summed E-state index contributed by atoms with van der Waals surface area (Å²) in [5.41, 5.74) is 1.54. The minimum Gasteiger partial charge on any atom is -0.473 e. The summed E-state index contributed by atoms with van der Waals surface area (Å²) in [6, 6.07) is 6.10. The molecule has 0 spiro atoms. The number of hydrogen-bond acceptors (Lipinski definition) is 6. The highest BCUT2D eigenvalue weighted by Gasteiger charge is 2.42. The molecule has 1 aromatic rings. The Labute approximate surface area is 177 Å². The number of carbonyl (C=O) groups is 2. The van der Waals surface area contributed by atoms with Gasteiger partial charge in [0.2, 0.25) is 6.79 Å². The van der Waals surface area contributed by atoms with Crippen molar-refractivity contribution in [1.29, 1.82) is 0 Å². The van der Waals surface area contributed by atoms with Crippen molar-refractivity contribution >= 4 is 11.9 Å². The van der Waals surface area contributed by atoms with Gasteiger partial charge >= 0.3 is 11.9 Å². The molecule has 2 aliphatic heterocycles. The minimum absolute atomic E-state index is 0.00600. The predicted molar refractivity (Wildman–Crippen MR) is 111 cm³/mol. The summed E-state index contributed by atoms with van der Waals surface area (Å²) >= 11 is 0. The Kier molecular flexibility index (Phi) is 8.09. The average molecular weight is 424 g/mol. The summed E-state index contributed by atoms with van der Waals surface area (Å²) in [4.78, 5) is 18.2.